The number of hydrogen-bond acceptors (Lipinski definition) is 5. The molecule has 2 heterocycles. The van der Waals surface area contributed by atoms with Gasteiger partial charge < -0.3 is 17.1 Å². The van der Waals surface area contributed by atoms with Crippen molar-refractivity contribution in [3.8, 4) is 0 Å². The van der Waals surface area contributed by atoms with Crippen LogP contribution in [-0.2, 0) is 16.1 Å². The number of fused-ring (bicyclic) bond motifs is 1. The van der Waals surface area contributed by atoms with E-state index < -0.39 is 0 Å². The Morgan fingerprint density at radius 3 is 2.81 bits per heavy atom. The normalized spacial score (nSPS) is 10.7. The zero-order valence-corrected chi connectivity index (χ0v) is 17.7. The monoisotopic (exact) mass is 446 g/mol. The fraction of sp³-hybridized carbons (Fsp3) is 0.294. The van der Waals surface area contributed by atoms with Gasteiger partial charge in [0.1, 0.15) is 6.54 Å². The van der Waals surface area contributed by atoms with Gasteiger partial charge in [0.05, 0.1) is 22.9 Å². The Morgan fingerprint density at radius 1 is 1.33 bits per heavy atom. The SMILES string of the molecule is CCOC(=O)CSc1cc(C)n[n+]2cnn(Cc3ccc(Cl)cc3Cl)c12.[Cl-]. The van der Waals surface area contributed by atoms with E-state index in [2.05, 4.69) is 10.2 Å². The number of esters is 1. The highest BCUT2D eigenvalue weighted by molar-refractivity contribution is 8.00. The molecule has 0 radical (unpaired) electrons. The molecular weight excluding hydrogens is 431 g/mol. The molecule has 0 amide bonds. The highest BCUT2D eigenvalue weighted by Gasteiger charge is 2.21. The van der Waals surface area contributed by atoms with Crippen LogP contribution in [0.3, 0.4) is 0 Å². The molecule has 1 aromatic carbocycles. The van der Waals surface area contributed by atoms with Crippen LogP contribution in [0.1, 0.15) is 18.2 Å². The van der Waals surface area contributed by atoms with Crippen LogP contribution in [0.5, 0.6) is 0 Å². The van der Waals surface area contributed by atoms with E-state index in [9.17, 15) is 4.79 Å². The highest BCUT2D eigenvalue weighted by Crippen LogP contribution is 2.25. The number of halogens is 3. The Balaban J connectivity index is 0.00000261. The van der Waals surface area contributed by atoms with Gasteiger partial charge in [-0.3, -0.25) is 4.79 Å². The Morgan fingerprint density at radius 2 is 2.11 bits per heavy atom. The van der Waals surface area contributed by atoms with Gasteiger partial charge in [0.15, 0.2) is 0 Å². The zero-order valence-electron chi connectivity index (χ0n) is 14.7. The van der Waals surface area contributed by atoms with Gasteiger partial charge >= 0.3 is 5.97 Å². The van der Waals surface area contributed by atoms with E-state index in [4.69, 9.17) is 27.9 Å². The van der Waals surface area contributed by atoms with Crippen LogP contribution in [0.15, 0.2) is 35.5 Å². The molecule has 0 bridgehead atoms. The standard InChI is InChI=1S/C17H17Cl2N4O2S.ClH/c1-3-25-16(24)9-26-15-6-11(2)21-23-10-20-22(17(15)23)8-12-4-5-13(18)7-14(12)19;/h4-7,10H,3,8-9H2,1-2H3;1H/q+1;/p-1. The molecule has 3 aromatic rings. The minimum Gasteiger partial charge on any atom is -1.00 e. The molecule has 27 heavy (non-hydrogen) atoms. The lowest BCUT2D eigenvalue weighted by Gasteiger charge is -2.05. The summed E-state index contributed by atoms with van der Waals surface area (Å²) in [6.45, 7) is 4.52. The third-order valence-electron chi connectivity index (χ3n) is 3.57. The molecule has 10 heteroatoms. The van der Waals surface area contributed by atoms with Crippen molar-refractivity contribution < 1.29 is 26.5 Å². The number of hydrogen-bond donors (Lipinski definition) is 0. The van der Waals surface area contributed by atoms with Crippen molar-refractivity contribution >= 4 is 46.6 Å². The predicted molar refractivity (Wildman–Crippen MR) is 101 cm³/mol. The summed E-state index contributed by atoms with van der Waals surface area (Å²) in [5, 5.41) is 10.0. The van der Waals surface area contributed by atoms with Crippen LogP contribution >= 0.6 is 35.0 Å². The van der Waals surface area contributed by atoms with E-state index in [0.29, 0.717) is 23.2 Å². The minimum atomic E-state index is -0.253. The molecule has 144 valence electrons. The largest absolute Gasteiger partial charge is 1.00 e. The molecule has 0 unspecified atom stereocenters. The van der Waals surface area contributed by atoms with Gasteiger partial charge in [-0.1, -0.05) is 29.3 Å². The van der Waals surface area contributed by atoms with E-state index in [1.54, 1.807) is 34.6 Å². The van der Waals surface area contributed by atoms with Gasteiger partial charge in [-0.25, -0.2) is 0 Å². The number of carbonyl (C=O) groups excluding carboxylic acids is 1. The summed E-state index contributed by atoms with van der Waals surface area (Å²) in [7, 11) is 0. The van der Waals surface area contributed by atoms with Crippen molar-refractivity contribution in [3.05, 3.63) is 51.9 Å². The molecule has 0 atom stereocenters. The van der Waals surface area contributed by atoms with Gasteiger partial charge in [-0.2, -0.15) is 0 Å². The van der Waals surface area contributed by atoms with Crippen molar-refractivity contribution in [2.75, 3.05) is 12.4 Å². The molecule has 0 fully saturated rings. The second kappa shape index (κ2) is 9.59. The first-order valence-electron chi connectivity index (χ1n) is 7.95. The molecule has 0 saturated heterocycles. The number of thioether (sulfide) groups is 1. The molecule has 2 aromatic heterocycles. The predicted octanol–water partition coefficient (Wildman–Crippen LogP) is 0.340. The van der Waals surface area contributed by atoms with Gasteiger partial charge in [-0.15, -0.1) is 26.1 Å². The van der Waals surface area contributed by atoms with Crippen molar-refractivity contribution in [3.63, 3.8) is 0 Å². The number of nitrogens with zero attached hydrogens (tertiary/aromatic N) is 4. The molecular formula is C17H17Cl3N4O2S. The molecule has 0 aliphatic carbocycles. The fourth-order valence-corrected chi connectivity index (χ4v) is 3.88. The first kappa shape index (κ1) is 21.8. The zero-order chi connectivity index (χ0) is 18.7. The maximum Gasteiger partial charge on any atom is 0.316 e. The average molecular weight is 448 g/mol. The summed E-state index contributed by atoms with van der Waals surface area (Å²) in [5.41, 5.74) is 2.51. The van der Waals surface area contributed by atoms with E-state index in [1.807, 2.05) is 19.1 Å². The third-order valence-corrected chi connectivity index (χ3v) is 5.15. The number of rotatable bonds is 6. The van der Waals surface area contributed by atoms with Gasteiger partial charge in [0, 0.05) is 20.7 Å². The lowest BCUT2D eigenvalue weighted by molar-refractivity contribution is -0.583. The van der Waals surface area contributed by atoms with Crippen LogP contribution < -0.4 is 16.9 Å². The summed E-state index contributed by atoms with van der Waals surface area (Å²) in [5.74, 6) is -0.0308. The van der Waals surface area contributed by atoms with Crippen molar-refractivity contribution in [2.45, 2.75) is 25.3 Å². The molecule has 0 saturated carbocycles. The lowest BCUT2D eigenvalue weighted by Crippen LogP contribution is -3.00. The summed E-state index contributed by atoms with van der Waals surface area (Å²) in [4.78, 5) is 12.6. The van der Waals surface area contributed by atoms with Crippen LogP contribution in [-0.4, -0.2) is 33.2 Å². The summed E-state index contributed by atoms with van der Waals surface area (Å²) >= 11 is 13.6. The van der Waals surface area contributed by atoms with E-state index >= 15 is 0 Å². The maximum atomic E-state index is 11.7. The van der Waals surface area contributed by atoms with E-state index in [0.717, 1.165) is 21.8 Å². The summed E-state index contributed by atoms with van der Waals surface area (Å²) in [6.07, 6.45) is 1.64. The minimum absolute atomic E-state index is 0. The van der Waals surface area contributed by atoms with Crippen LogP contribution in [0.25, 0.3) is 5.65 Å². The van der Waals surface area contributed by atoms with Crippen molar-refractivity contribution in [1.82, 2.24) is 14.9 Å². The summed E-state index contributed by atoms with van der Waals surface area (Å²) in [6, 6.07) is 7.30. The quantitative estimate of drug-likeness (QED) is 0.310. The van der Waals surface area contributed by atoms with Gasteiger partial charge in [0.2, 0.25) is 0 Å². The highest BCUT2D eigenvalue weighted by atomic mass is 35.5. The van der Waals surface area contributed by atoms with E-state index in [-0.39, 0.29) is 24.1 Å². The molecule has 0 spiro atoms. The Labute approximate surface area is 177 Å². The van der Waals surface area contributed by atoms with E-state index in [1.165, 1.54) is 11.8 Å². The second-order valence-electron chi connectivity index (χ2n) is 5.54. The molecule has 6 nitrogen and oxygen atoms in total. The van der Waals surface area contributed by atoms with Crippen molar-refractivity contribution in [1.29, 1.82) is 0 Å². The molecule has 0 aliphatic heterocycles. The number of ether oxygens (including phenoxy) is 1. The number of aryl methyl sites for hydroxylation is 1. The van der Waals surface area contributed by atoms with Gasteiger partial charge in [0.25, 0.3) is 12.0 Å². The maximum absolute atomic E-state index is 11.7. The smallest absolute Gasteiger partial charge is 0.316 e. The number of carbonyl (C=O) groups is 1. The van der Waals surface area contributed by atoms with Crippen LogP contribution in [0.4, 0.5) is 0 Å². The lowest BCUT2D eigenvalue weighted by atomic mass is 10.2. The molecule has 0 N–H and O–H groups in total. The average Bonchev–Trinajstić information content (AvgIpc) is 2.98. The van der Waals surface area contributed by atoms with Crippen LogP contribution in [0, 0.1) is 6.92 Å². The Kier molecular flexibility index (Phi) is 7.73. The first-order valence-corrected chi connectivity index (χ1v) is 9.69. The third kappa shape index (κ3) is 5.25. The Bertz CT molecular complexity index is 965. The molecule has 3 rings (SSSR count). The molecule has 0 aliphatic rings. The number of aromatic nitrogens is 4. The number of benzene rings is 1. The van der Waals surface area contributed by atoms with Crippen molar-refractivity contribution in [2.24, 2.45) is 0 Å². The second-order valence-corrected chi connectivity index (χ2v) is 7.40. The van der Waals surface area contributed by atoms with Gasteiger partial charge in [-0.05, 0) is 32.0 Å². The fourth-order valence-electron chi connectivity index (χ4n) is 2.48. The Hall–Kier alpha value is -1.54. The summed E-state index contributed by atoms with van der Waals surface area (Å²) < 4.78 is 8.51. The first-order chi connectivity index (χ1) is 12.5. The van der Waals surface area contributed by atoms with Crippen LogP contribution in [0.2, 0.25) is 10.0 Å². The topological polar surface area (TPSA) is 61.1 Å².